The quantitative estimate of drug-likeness (QED) is 0.415. The summed E-state index contributed by atoms with van der Waals surface area (Å²) in [5.74, 6) is -2.45. The van der Waals surface area contributed by atoms with Gasteiger partial charge in [0.1, 0.15) is 4.33 Å². The van der Waals surface area contributed by atoms with E-state index in [-0.39, 0.29) is 25.7 Å². The Morgan fingerprint density at radius 2 is 1.56 bits per heavy atom. The number of rotatable bonds is 4. The van der Waals surface area contributed by atoms with Crippen molar-refractivity contribution < 1.29 is 9.59 Å². The van der Waals surface area contributed by atoms with Crippen molar-refractivity contribution in [3.05, 3.63) is 61.5 Å². The fraction of sp³-hybridized carbons (Fsp3) is 0.176. The Balaban J connectivity index is 1.84. The van der Waals surface area contributed by atoms with Crippen LogP contribution in [0.5, 0.6) is 0 Å². The largest absolute Gasteiger partial charge is 0.366 e. The SMILES string of the molecule is NC(=O)c1cc(NC(=O)C2C(c3cc(Cl)c(Cl)c(Cl)c3)C2(Cl)Cl)ccc1Cl. The molecule has 0 spiro atoms. The number of anilines is 1. The van der Waals surface area contributed by atoms with Crippen LogP contribution < -0.4 is 11.1 Å². The van der Waals surface area contributed by atoms with Crippen LogP contribution in [-0.2, 0) is 4.79 Å². The summed E-state index contributed by atoms with van der Waals surface area (Å²) < 4.78 is -1.34. The molecule has 0 radical (unpaired) electrons. The molecule has 1 fully saturated rings. The minimum atomic E-state index is -1.34. The van der Waals surface area contributed by atoms with Gasteiger partial charge in [-0.05, 0) is 35.9 Å². The molecule has 27 heavy (non-hydrogen) atoms. The first-order valence-corrected chi connectivity index (χ1v) is 9.73. The van der Waals surface area contributed by atoms with E-state index in [0.717, 1.165) is 0 Å². The number of amides is 2. The molecule has 3 N–H and O–H groups in total. The molecule has 1 aliphatic rings. The molecular weight excluding hydrogens is 477 g/mol. The Bertz CT molecular complexity index is 939. The highest BCUT2D eigenvalue weighted by molar-refractivity contribution is 6.54. The van der Waals surface area contributed by atoms with Crippen LogP contribution >= 0.6 is 69.6 Å². The summed E-state index contributed by atoms with van der Waals surface area (Å²) in [5, 5.41) is 3.51. The van der Waals surface area contributed by atoms with Gasteiger partial charge in [0.05, 0.1) is 31.6 Å². The monoisotopic (exact) mass is 484 g/mol. The van der Waals surface area contributed by atoms with Crippen molar-refractivity contribution in [3.63, 3.8) is 0 Å². The van der Waals surface area contributed by atoms with Crippen LogP contribution in [0.25, 0.3) is 0 Å². The highest BCUT2D eigenvalue weighted by atomic mass is 35.5. The highest BCUT2D eigenvalue weighted by Crippen LogP contribution is 2.65. The van der Waals surface area contributed by atoms with Crippen molar-refractivity contribution in [2.75, 3.05) is 5.32 Å². The third-order valence-electron chi connectivity index (χ3n) is 4.20. The molecule has 0 aromatic heterocycles. The summed E-state index contributed by atoms with van der Waals surface area (Å²) in [6.45, 7) is 0. The average molecular weight is 487 g/mol. The number of hydrogen-bond acceptors (Lipinski definition) is 2. The van der Waals surface area contributed by atoms with Gasteiger partial charge in [0, 0.05) is 11.6 Å². The van der Waals surface area contributed by atoms with Gasteiger partial charge in [-0.15, -0.1) is 23.2 Å². The summed E-state index contributed by atoms with van der Waals surface area (Å²) in [6, 6.07) is 7.50. The lowest BCUT2D eigenvalue weighted by atomic mass is 10.1. The van der Waals surface area contributed by atoms with Gasteiger partial charge in [0.25, 0.3) is 0 Å². The van der Waals surface area contributed by atoms with Gasteiger partial charge in [-0.1, -0.05) is 46.4 Å². The maximum Gasteiger partial charge on any atom is 0.250 e. The first-order chi connectivity index (χ1) is 12.5. The van der Waals surface area contributed by atoms with Crippen LogP contribution in [0.2, 0.25) is 20.1 Å². The van der Waals surface area contributed by atoms with E-state index in [2.05, 4.69) is 5.32 Å². The van der Waals surface area contributed by atoms with Crippen LogP contribution in [-0.4, -0.2) is 16.1 Å². The number of benzene rings is 2. The van der Waals surface area contributed by atoms with Crippen LogP contribution in [0.1, 0.15) is 21.8 Å². The van der Waals surface area contributed by atoms with Crippen LogP contribution in [0.15, 0.2) is 30.3 Å². The fourth-order valence-corrected chi connectivity index (χ4v) is 4.49. The van der Waals surface area contributed by atoms with E-state index in [1.54, 1.807) is 12.1 Å². The summed E-state index contributed by atoms with van der Waals surface area (Å²) >= 11 is 36.6. The molecule has 10 heteroatoms. The predicted molar refractivity (Wildman–Crippen MR) is 111 cm³/mol. The van der Waals surface area contributed by atoms with Crippen molar-refractivity contribution in [1.82, 2.24) is 0 Å². The molecule has 2 unspecified atom stereocenters. The second-order valence-electron chi connectivity index (χ2n) is 5.98. The van der Waals surface area contributed by atoms with Gasteiger partial charge in [0.2, 0.25) is 11.8 Å². The lowest BCUT2D eigenvalue weighted by Gasteiger charge is -2.08. The van der Waals surface area contributed by atoms with Crippen LogP contribution in [0.4, 0.5) is 5.69 Å². The molecule has 2 amide bonds. The number of carbonyl (C=O) groups excluding carboxylic acids is 2. The standard InChI is InChI=1S/C17H10Cl6N2O2/c18-9-2-1-7(5-8(9)15(24)26)25-16(27)13-12(17(13,22)23)6-3-10(19)14(21)11(20)4-6/h1-5,12-13H,(H2,24,26)(H,25,27). The number of hydrogen-bond donors (Lipinski definition) is 2. The van der Waals surface area contributed by atoms with E-state index < -0.39 is 28.0 Å². The first kappa shape index (κ1) is 20.8. The van der Waals surface area contributed by atoms with Crippen molar-refractivity contribution in [2.45, 2.75) is 10.3 Å². The Morgan fingerprint density at radius 1 is 0.963 bits per heavy atom. The van der Waals surface area contributed by atoms with E-state index in [0.29, 0.717) is 11.3 Å². The minimum Gasteiger partial charge on any atom is -0.366 e. The van der Waals surface area contributed by atoms with Crippen LogP contribution in [0, 0.1) is 5.92 Å². The van der Waals surface area contributed by atoms with Gasteiger partial charge in [0.15, 0.2) is 0 Å². The van der Waals surface area contributed by atoms with Crippen molar-refractivity contribution in [1.29, 1.82) is 0 Å². The molecule has 0 heterocycles. The van der Waals surface area contributed by atoms with E-state index in [1.165, 1.54) is 18.2 Å². The molecule has 2 aromatic rings. The third kappa shape index (κ3) is 3.98. The van der Waals surface area contributed by atoms with E-state index >= 15 is 0 Å². The van der Waals surface area contributed by atoms with E-state index in [4.69, 9.17) is 75.3 Å². The topological polar surface area (TPSA) is 72.2 Å². The zero-order valence-corrected chi connectivity index (χ0v) is 17.7. The molecular formula is C17H10Cl6N2O2. The Labute approximate surface area is 184 Å². The molecule has 3 rings (SSSR count). The number of nitrogens with two attached hydrogens (primary N) is 1. The summed E-state index contributed by atoms with van der Waals surface area (Å²) in [4.78, 5) is 24.0. The molecule has 1 aliphatic carbocycles. The smallest absolute Gasteiger partial charge is 0.250 e. The second-order valence-corrected chi connectivity index (χ2v) is 9.02. The zero-order chi connectivity index (χ0) is 20.1. The highest BCUT2D eigenvalue weighted by Gasteiger charge is 2.67. The van der Waals surface area contributed by atoms with E-state index in [1.807, 2.05) is 0 Å². The maximum atomic E-state index is 12.7. The number of nitrogens with one attached hydrogen (secondary N) is 1. The molecule has 0 saturated heterocycles. The fourth-order valence-electron chi connectivity index (χ4n) is 2.83. The second kappa shape index (κ2) is 7.51. The molecule has 1 saturated carbocycles. The van der Waals surface area contributed by atoms with Gasteiger partial charge >= 0.3 is 0 Å². The molecule has 4 nitrogen and oxygen atoms in total. The zero-order valence-electron chi connectivity index (χ0n) is 13.2. The normalized spacial score (nSPS) is 20.2. The summed E-state index contributed by atoms with van der Waals surface area (Å²) in [6.07, 6.45) is 0. The van der Waals surface area contributed by atoms with Gasteiger partial charge in [-0.3, -0.25) is 9.59 Å². The van der Waals surface area contributed by atoms with Crippen molar-refractivity contribution in [2.24, 2.45) is 11.7 Å². The van der Waals surface area contributed by atoms with Gasteiger partial charge in [-0.25, -0.2) is 0 Å². The Hall–Kier alpha value is -0.880. The number of carbonyl (C=O) groups is 2. The first-order valence-electron chi connectivity index (χ1n) is 7.46. The Kier molecular flexibility index (Phi) is 5.80. The molecule has 142 valence electrons. The minimum absolute atomic E-state index is 0.0843. The Morgan fingerprint density at radius 3 is 2.11 bits per heavy atom. The number of alkyl halides is 2. The summed E-state index contributed by atoms with van der Waals surface area (Å²) in [7, 11) is 0. The number of primary amides is 1. The predicted octanol–water partition coefficient (Wildman–Crippen LogP) is 5.93. The molecule has 0 aliphatic heterocycles. The van der Waals surface area contributed by atoms with Gasteiger partial charge < -0.3 is 11.1 Å². The number of halogens is 6. The third-order valence-corrected chi connectivity index (χ3v) is 6.67. The molecule has 2 atom stereocenters. The van der Waals surface area contributed by atoms with E-state index in [9.17, 15) is 9.59 Å². The molecule has 2 aromatic carbocycles. The lowest BCUT2D eigenvalue weighted by Crippen LogP contribution is -2.18. The van der Waals surface area contributed by atoms with Crippen molar-refractivity contribution in [3.8, 4) is 0 Å². The van der Waals surface area contributed by atoms with Gasteiger partial charge in [-0.2, -0.15) is 0 Å². The maximum absolute atomic E-state index is 12.7. The van der Waals surface area contributed by atoms with Crippen molar-refractivity contribution >= 4 is 87.1 Å². The average Bonchev–Trinajstić information content (AvgIpc) is 3.16. The van der Waals surface area contributed by atoms with Crippen LogP contribution in [0.3, 0.4) is 0 Å². The summed E-state index contributed by atoms with van der Waals surface area (Å²) in [5.41, 5.74) is 6.26. The lowest BCUT2D eigenvalue weighted by molar-refractivity contribution is -0.117. The molecule has 0 bridgehead atoms.